The molecule has 3 aliphatic rings. The van der Waals surface area contributed by atoms with Crippen LogP contribution in [0.5, 0.6) is 11.5 Å². The average molecular weight is 960 g/mol. The molecule has 1 fully saturated rings. The second kappa shape index (κ2) is 28.2. The summed E-state index contributed by atoms with van der Waals surface area (Å²) in [6, 6.07) is 10.6. The van der Waals surface area contributed by atoms with Gasteiger partial charge in [-0.3, -0.25) is 4.90 Å². The van der Waals surface area contributed by atoms with Gasteiger partial charge in [-0.15, -0.1) is 13.2 Å². The van der Waals surface area contributed by atoms with Crippen LogP contribution in [0.25, 0.3) is 0 Å². The number of amides is 2. The van der Waals surface area contributed by atoms with Crippen molar-refractivity contribution in [1.29, 1.82) is 0 Å². The third kappa shape index (κ3) is 15.9. The Labute approximate surface area is 411 Å². The average Bonchev–Trinajstić information content (AvgIpc) is 3.32. The first kappa shape index (κ1) is 55.2. The molecule has 2 aromatic rings. The number of benzene rings is 2. The van der Waals surface area contributed by atoms with Gasteiger partial charge < -0.3 is 39.3 Å². The van der Waals surface area contributed by atoms with E-state index < -0.39 is 41.4 Å². The molecule has 6 atom stereocenters. The fraction of sp³-hybridized carbons (Fsp3) is 0.625. The molecule has 2 aliphatic carbocycles. The molecule has 382 valence electrons. The van der Waals surface area contributed by atoms with E-state index in [0.717, 1.165) is 56.1 Å². The predicted octanol–water partition coefficient (Wildman–Crippen LogP) is 12.5. The highest BCUT2D eigenvalue weighted by Gasteiger charge is 2.66. The van der Waals surface area contributed by atoms with Gasteiger partial charge in [0.1, 0.15) is 29.0 Å². The molecule has 1 saturated carbocycles. The van der Waals surface area contributed by atoms with Crippen molar-refractivity contribution in [3.63, 3.8) is 0 Å². The van der Waals surface area contributed by atoms with Crippen LogP contribution in [0.4, 0.5) is 14.0 Å². The second-order valence-corrected chi connectivity index (χ2v) is 19.9. The molecule has 2 aromatic carbocycles. The standard InChI is InChI=1S/C56H82FN3O9/c1-7-10-12-13-14-15-16-17-18-21-32-58-53(63)67-44-30-31-49-47(38-44)51-45(25-20-23-34-62)42(24-19-22-33-61)37-46-48(59-69-55(4,5)6)39-50(56(68-49,52(46)51)66-35-9-3)60(54(64)65-36-11-8-2)40-41-26-28-43(57)29-27-41/h8-9,26-31,37-38,42,45,50-52,61-62H,2-3,7,10-25,32-36,39-40H2,1,4-6H3,(H,58,63). The van der Waals surface area contributed by atoms with Crippen LogP contribution in [0.15, 0.2) is 84.6 Å². The summed E-state index contributed by atoms with van der Waals surface area (Å²) in [6.07, 6.45) is 21.3. The van der Waals surface area contributed by atoms with E-state index >= 15 is 0 Å². The number of rotatable bonds is 30. The molecule has 0 bridgehead atoms. The number of oxime groups is 1. The van der Waals surface area contributed by atoms with Gasteiger partial charge in [0.05, 0.1) is 24.8 Å². The number of carbonyl (C=O) groups is 2. The van der Waals surface area contributed by atoms with Crippen molar-refractivity contribution in [2.24, 2.45) is 22.9 Å². The van der Waals surface area contributed by atoms with Crippen LogP contribution in [-0.2, 0) is 20.9 Å². The summed E-state index contributed by atoms with van der Waals surface area (Å²) < 4.78 is 40.7. The Balaban J connectivity index is 1.60. The van der Waals surface area contributed by atoms with Gasteiger partial charge in [0.25, 0.3) is 0 Å². The Bertz CT molecular complexity index is 1980. The van der Waals surface area contributed by atoms with Gasteiger partial charge in [-0.25, -0.2) is 14.0 Å². The first-order valence-corrected chi connectivity index (χ1v) is 25.9. The number of aliphatic hydroxyl groups is 2. The second-order valence-electron chi connectivity index (χ2n) is 19.9. The quantitative estimate of drug-likeness (QED) is 0.0395. The molecule has 0 radical (unpaired) electrons. The summed E-state index contributed by atoms with van der Waals surface area (Å²) >= 11 is 0. The Morgan fingerprint density at radius 2 is 1.59 bits per heavy atom. The molecule has 6 unspecified atom stereocenters. The maximum Gasteiger partial charge on any atom is 0.412 e. The summed E-state index contributed by atoms with van der Waals surface area (Å²) in [4.78, 5) is 35.9. The predicted molar refractivity (Wildman–Crippen MR) is 270 cm³/mol. The third-order valence-corrected chi connectivity index (χ3v) is 13.5. The van der Waals surface area contributed by atoms with Gasteiger partial charge in [-0.05, 0) is 113 Å². The smallest absolute Gasteiger partial charge is 0.412 e. The van der Waals surface area contributed by atoms with Crippen molar-refractivity contribution in [2.45, 2.75) is 173 Å². The zero-order valence-electron chi connectivity index (χ0n) is 42.1. The van der Waals surface area contributed by atoms with Crippen molar-refractivity contribution in [3.8, 4) is 11.5 Å². The van der Waals surface area contributed by atoms with Crippen molar-refractivity contribution in [2.75, 3.05) is 33.0 Å². The highest BCUT2D eigenvalue weighted by Crippen LogP contribution is 2.62. The van der Waals surface area contributed by atoms with E-state index in [9.17, 15) is 24.2 Å². The number of hydrogen-bond donors (Lipinski definition) is 3. The van der Waals surface area contributed by atoms with Crippen LogP contribution in [0.1, 0.15) is 160 Å². The lowest BCUT2D eigenvalue weighted by Crippen LogP contribution is -2.70. The molecule has 1 heterocycles. The van der Waals surface area contributed by atoms with Gasteiger partial charge in [-0.1, -0.05) is 113 Å². The first-order valence-electron chi connectivity index (χ1n) is 25.9. The Hall–Kier alpha value is -4.72. The van der Waals surface area contributed by atoms with Crippen LogP contribution < -0.4 is 14.8 Å². The first-order chi connectivity index (χ1) is 33.4. The van der Waals surface area contributed by atoms with Crippen LogP contribution >= 0.6 is 0 Å². The number of carbonyl (C=O) groups excluding carboxylic acids is 2. The van der Waals surface area contributed by atoms with E-state index in [0.29, 0.717) is 48.6 Å². The normalized spacial score (nSPS) is 22.1. The minimum Gasteiger partial charge on any atom is -0.459 e. The van der Waals surface area contributed by atoms with Crippen LogP contribution in [0, 0.1) is 23.6 Å². The van der Waals surface area contributed by atoms with Crippen molar-refractivity contribution < 1.29 is 48.0 Å². The lowest BCUT2D eigenvalue weighted by atomic mass is 9.55. The van der Waals surface area contributed by atoms with Gasteiger partial charge in [0.15, 0.2) is 0 Å². The van der Waals surface area contributed by atoms with Crippen LogP contribution in [0.2, 0.25) is 0 Å². The summed E-state index contributed by atoms with van der Waals surface area (Å²) in [5, 5.41) is 27.8. The number of nitrogens with one attached hydrogen (secondary N) is 1. The maximum atomic E-state index is 14.7. The lowest BCUT2D eigenvalue weighted by Gasteiger charge is -2.60. The molecule has 1 aliphatic heterocycles. The summed E-state index contributed by atoms with van der Waals surface area (Å²) in [7, 11) is 0. The number of hydrogen-bond acceptors (Lipinski definition) is 10. The highest BCUT2D eigenvalue weighted by atomic mass is 19.1. The van der Waals surface area contributed by atoms with Gasteiger partial charge in [0.2, 0.25) is 5.79 Å². The highest BCUT2D eigenvalue weighted by molar-refractivity contribution is 6.03. The largest absolute Gasteiger partial charge is 0.459 e. The molecule has 69 heavy (non-hydrogen) atoms. The zero-order chi connectivity index (χ0) is 49.7. The zero-order valence-corrected chi connectivity index (χ0v) is 42.1. The SMILES string of the molecule is C=CCCOC(=O)N(Cc1ccc(F)cc1)C1CC(=NOC(C)(C)C)C2=CC(CCCCO)C(CCCCO)C3c4cc(OC(=O)NCCCCCCCCCCCC)ccc4OC1(OCC=C)C23. The molecule has 0 spiro atoms. The molecule has 13 heteroatoms. The number of unbranched alkanes of at least 4 members (excludes halogenated alkanes) is 11. The molecule has 2 amide bonds. The van der Waals surface area contributed by atoms with Crippen LogP contribution in [0.3, 0.4) is 0 Å². The molecular formula is C56H82FN3O9. The van der Waals surface area contributed by atoms with Crippen molar-refractivity contribution >= 4 is 17.9 Å². The minimum absolute atomic E-state index is 0.000878. The monoisotopic (exact) mass is 960 g/mol. The van der Waals surface area contributed by atoms with E-state index in [2.05, 4.69) is 31.5 Å². The van der Waals surface area contributed by atoms with Gasteiger partial charge in [-0.2, -0.15) is 0 Å². The van der Waals surface area contributed by atoms with Gasteiger partial charge in [0, 0.05) is 44.2 Å². The Morgan fingerprint density at radius 3 is 2.25 bits per heavy atom. The van der Waals surface area contributed by atoms with E-state index in [1.54, 1.807) is 35.3 Å². The fourth-order valence-corrected chi connectivity index (χ4v) is 10.3. The van der Waals surface area contributed by atoms with E-state index in [-0.39, 0.29) is 57.1 Å². The summed E-state index contributed by atoms with van der Waals surface area (Å²) in [5.74, 6) is -2.08. The molecule has 0 aromatic heterocycles. The number of fused-ring (bicyclic) bond motifs is 2. The summed E-state index contributed by atoms with van der Waals surface area (Å²) in [5.41, 5.74) is 2.31. The van der Waals surface area contributed by atoms with E-state index in [1.165, 1.54) is 57.1 Å². The number of ether oxygens (including phenoxy) is 4. The lowest BCUT2D eigenvalue weighted by molar-refractivity contribution is -0.256. The number of halogens is 1. The van der Waals surface area contributed by atoms with Crippen molar-refractivity contribution in [3.05, 3.63) is 96.4 Å². The topological polar surface area (TPSA) is 148 Å². The van der Waals surface area contributed by atoms with Gasteiger partial charge >= 0.3 is 12.2 Å². The Kier molecular flexibility index (Phi) is 22.6. The summed E-state index contributed by atoms with van der Waals surface area (Å²) in [6.45, 7) is 16.7. The molecule has 3 N–H and O–H groups in total. The minimum atomic E-state index is -1.56. The molecule has 12 nitrogen and oxygen atoms in total. The van der Waals surface area contributed by atoms with E-state index in [1.807, 2.05) is 32.9 Å². The molecule has 5 rings (SSSR count). The van der Waals surface area contributed by atoms with Crippen LogP contribution in [-0.4, -0.2) is 83.4 Å². The maximum absolute atomic E-state index is 14.7. The van der Waals surface area contributed by atoms with E-state index in [4.69, 9.17) is 28.9 Å². The van der Waals surface area contributed by atoms with Crippen molar-refractivity contribution in [1.82, 2.24) is 10.2 Å². The number of nitrogens with zero attached hydrogens (tertiary/aromatic N) is 2. The fourth-order valence-electron chi connectivity index (χ4n) is 10.3. The number of aliphatic hydroxyl groups excluding tert-OH is 2. The molecule has 0 saturated heterocycles. The number of allylic oxidation sites excluding steroid dienone is 1. The molecular weight excluding hydrogens is 878 g/mol. The third-order valence-electron chi connectivity index (χ3n) is 13.5. The Morgan fingerprint density at radius 1 is 0.913 bits per heavy atom.